The molecule has 272 valence electrons. The van der Waals surface area contributed by atoms with Gasteiger partial charge in [0.25, 0.3) is 10.0 Å². The van der Waals surface area contributed by atoms with Gasteiger partial charge < -0.3 is 10.2 Å². The first-order valence-electron chi connectivity index (χ1n) is 18.1. The van der Waals surface area contributed by atoms with Gasteiger partial charge >= 0.3 is 0 Å². The maximum atomic E-state index is 15.1. The fourth-order valence-corrected chi connectivity index (χ4v) is 15.0. The van der Waals surface area contributed by atoms with E-state index in [4.69, 9.17) is 11.6 Å². The molecule has 0 aliphatic heterocycles. The van der Waals surface area contributed by atoms with E-state index in [0.717, 1.165) is 17.7 Å². The summed E-state index contributed by atoms with van der Waals surface area (Å²) in [5.41, 5.74) is -2.75. The van der Waals surface area contributed by atoms with Crippen LogP contribution in [0.25, 0.3) is 0 Å². The summed E-state index contributed by atoms with van der Waals surface area (Å²) in [6, 6.07) is 11.8. The molecule has 1 aromatic carbocycles. The largest absolute Gasteiger partial charge is 0.393 e. The number of aliphatic hydroxyl groups is 2. The molecule has 2 N–H and O–H groups in total. The number of sulfonamides is 1. The Morgan fingerprint density at radius 3 is 2.43 bits per heavy atom. The number of aliphatic hydroxyl groups excluding tert-OH is 1. The monoisotopic (exact) mass is 769 g/mol. The zero-order valence-electron chi connectivity index (χ0n) is 29.0. The number of rotatable bonds is 10. The first-order valence-corrected chi connectivity index (χ1v) is 21.6. The fraction of sp³-hybridized carbons (Fsp3) is 0.525. The first kappa shape index (κ1) is 35.8. The van der Waals surface area contributed by atoms with E-state index in [1.54, 1.807) is 34.9 Å². The standard InChI is InChI=1S/C40H45ClFNO5S3/c1-36-14-10-26(44)23-38(36)17-18-40(29(24-38)32(45)22-28-30(41)7-3-8-31(28)42)33(36)11-15-37(2)34(40)12-16-39(37,46)25-43(19-13-27-6-4-20-49-27)51(47,48)35-9-5-21-50-35/h3-9,17-18,20-21,24,26,33-34,44,46H,10-16,19,22-23,25H2,1-2H3. The fourth-order valence-electron chi connectivity index (χ4n) is 11.4. The Morgan fingerprint density at radius 1 is 0.980 bits per heavy atom. The Labute approximate surface area is 313 Å². The van der Waals surface area contributed by atoms with Crippen molar-refractivity contribution in [2.24, 2.45) is 33.5 Å². The highest BCUT2D eigenvalue weighted by atomic mass is 35.5. The highest BCUT2D eigenvalue weighted by Gasteiger charge is 2.74. The lowest BCUT2D eigenvalue weighted by atomic mass is 9.32. The van der Waals surface area contributed by atoms with Gasteiger partial charge in [0, 0.05) is 56.8 Å². The molecule has 8 atom stereocenters. The van der Waals surface area contributed by atoms with Crippen LogP contribution in [-0.4, -0.2) is 53.5 Å². The van der Waals surface area contributed by atoms with Crippen molar-refractivity contribution >= 4 is 50.1 Å². The quantitative estimate of drug-likeness (QED) is 0.203. The van der Waals surface area contributed by atoms with Gasteiger partial charge in [0.2, 0.25) is 0 Å². The van der Waals surface area contributed by atoms with Crippen molar-refractivity contribution < 1.29 is 27.8 Å². The number of hydrogen-bond donors (Lipinski definition) is 2. The number of ketones is 1. The highest BCUT2D eigenvalue weighted by molar-refractivity contribution is 7.91. The van der Waals surface area contributed by atoms with Crippen LogP contribution in [0.1, 0.15) is 69.2 Å². The number of thiophene rings is 2. The van der Waals surface area contributed by atoms with Crippen LogP contribution in [0.3, 0.4) is 0 Å². The van der Waals surface area contributed by atoms with Crippen LogP contribution in [0.2, 0.25) is 5.02 Å². The molecule has 11 heteroatoms. The lowest BCUT2D eigenvalue weighted by molar-refractivity contribution is -0.176. The zero-order chi connectivity index (χ0) is 36.0. The Kier molecular flexibility index (Phi) is 8.74. The SMILES string of the molecule is CC12CCC(O)CC13C=CC1(C(C(=O)Cc4c(F)cccc4Cl)=C3)C2CCC2(C)C1CCC2(O)CN(CCc1cccs1)S(=O)(=O)c1cccs1. The van der Waals surface area contributed by atoms with Crippen molar-refractivity contribution in [3.63, 3.8) is 0 Å². The van der Waals surface area contributed by atoms with Crippen molar-refractivity contribution in [1.82, 2.24) is 4.31 Å². The van der Waals surface area contributed by atoms with Gasteiger partial charge in [-0.25, -0.2) is 12.8 Å². The number of fused-ring (bicyclic) bond motifs is 1. The topological polar surface area (TPSA) is 94.9 Å². The van der Waals surface area contributed by atoms with Crippen LogP contribution in [0.5, 0.6) is 0 Å². The number of carbonyl (C=O) groups excluding carboxylic acids is 1. The number of halogens is 2. The second-order valence-electron chi connectivity index (χ2n) is 16.2. The Morgan fingerprint density at radius 2 is 1.71 bits per heavy atom. The van der Waals surface area contributed by atoms with Crippen molar-refractivity contribution in [3.8, 4) is 0 Å². The number of Topliss-reactive ketones (excluding diaryl/α,β-unsaturated/α-hetero) is 1. The van der Waals surface area contributed by atoms with Crippen molar-refractivity contribution in [2.75, 3.05) is 13.1 Å². The van der Waals surface area contributed by atoms with Gasteiger partial charge in [-0.3, -0.25) is 4.79 Å². The van der Waals surface area contributed by atoms with Gasteiger partial charge in [-0.2, -0.15) is 4.31 Å². The summed E-state index contributed by atoms with van der Waals surface area (Å²) >= 11 is 9.24. The molecule has 6 nitrogen and oxygen atoms in total. The molecule has 2 aromatic heterocycles. The van der Waals surface area contributed by atoms with Gasteiger partial charge in [0.05, 0.1) is 11.7 Å². The molecule has 6 aliphatic rings. The number of benzene rings is 1. The first-order chi connectivity index (χ1) is 24.2. The summed E-state index contributed by atoms with van der Waals surface area (Å²) in [7, 11) is -3.89. The third kappa shape index (κ3) is 5.21. The molecular weight excluding hydrogens is 725 g/mol. The van der Waals surface area contributed by atoms with Crippen molar-refractivity contribution in [1.29, 1.82) is 0 Å². The summed E-state index contributed by atoms with van der Waals surface area (Å²) in [4.78, 5) is 15.8. The Balaban J connectivity index is 1.20. The molecule has 0 radical (unpaired) electrons. The van der Waals surface area contributed by atoms with Gasteiger partial charge in [-0.15, -0.1) is 22.7 Å². The van der Waals surface area contributed by atoms with Crippen molar-refractivity contribution in [3.05, 3.63) is 98.3 Å². The third-order valence-electron chi connectivity index (χ3n) is 14.1. The molecule has 8 unspecified atom stereocenters. The molecular formula is C40H45ClFNO5S3. The van der Waals surface area contributed by atoms with Gasteiger partial charge in [0.1, 0.15) is 10.0 Å². The average molecular weight is 770 g/mol. The molecule has 0 saturated heterocycles. The van der Waals surface area contributed by atoms with Crippen LogP contribution < -0.4 is 0 Å². The maximum absolute atomic E-state index is 15.1. The second kappa shape index (κ2) is 12.4. The predicted octanol–water partition coefficient (Wildman–Crippen LogP) is 8.24. The van der Waals surface area contributed by atoms with Crippen LogP contribution in [0.15, 0.2) is 81.2 Å². The number of nitrogens with zero attached hydrogens (tertiary/aromatic N) is 1. The van der Waals surface area contributed by atoms with Crippen LogP contribution >= 0.6 is 34.3 Å². The smallest absolute Gasteiger partial charge is 0.252 e. The molecule has 3 fully saturated rings. The summed E-state index contributed by atoms with van der Waals surface area (Å²) < 4.78 is 45.3. The number of carbonyl (C=O) groups is 1. The van der Waals surface area contributed by atoms with Crippen LogP contribution in [0.4, 0.5) is 4.39 Å². The molecule has 51 heavy (non-hydrogen) atoms. The average Bonchev–Trinajstić information content (AvgIpc) is 3.87. The Bertz CT molecular complexity index is 2000. The molecule has 2 heterocycles. The van der Waals surface area contributed by atoms with Gasteiger partial charge in [-0.1, -0.05) is 61.9 Å². The van der Waals surface area contributed by atoms with E-state index in [1.807, 2.05) is 17.5 Å². The van der Waals surface area contributed by atoms with E-state index in [9.17, 15) is 23.4 Å². The van der Waals surface area contributed by atoms with Gasteiger partial charge in [0.15, 0.2) is 5.78 Å². The Hall–Kier alpha value is -2.18. The molecule has 2 bridgehead atoms. The van der Waals surface area contributed by atoms with Crippen molar-refractivity contribution in [2.45, 2.75) is 87.5 Å². The van der Waals surface area contributed by atoms with Crippen LogP contribution in [-0.2, 0) is 27.7 Å². The van der Waals surface area contributed by atoms with E-state index in [2.05, 4.69) is 32.1 Å². The normalized spacial score (nSPS) is 36.8. The lowest BCUT2D eigenvalue weighted by Gasteiger charge is -2.71. The molecule has 3 saturated carbocycles. The van der Waals surface area contributed by atoms with E-state index < -0.39 is 43.8 Å². The molecule has 0 amide bonds. The van der Waals surface area contributed by atoms with E-state index >= 15 is 4.39 Å². The predicted molar refractivity (Wildman–Crippen MR) is 200 cm³/mol. The van der Waals surface area contributed by atoms with E-state index in [1.165, 1.54) is 27.8 Å². The molecule has 6 aliphatic carbocycles. The number of allylic oxidation sites excluding steroid dienone is 4. The minimum Gasteiger partial charge on any atom is -0.393 e. The van der Waals surface area contributed by atoms with Gasteiger partial charge in [-0.05, 0) is 104 Å². The number of hydrogen-bond acceptors (Lipinski definition) is 7. The van der Waals surface area contributed by atoms with E-state index in [-0.39, 0.29) is 57.3 Å². The van der Waals surface area contributed by atoms with E-state index in [0.29, 0.717) is 44.1 Å². The summed E-state index contributed by atoms with van der Waals surface area (Å²) in [5.74, 6) is -0.804. The summed E-state index contributed by atoms with van der Waals surface area (Å²) in [6.07, 6.45) is 10.9. The zero-order valence-corrected chi connectivity index (χ0v) is 32.2. The molecule has 9 rings (SSSR count). The molecule has 3 aromatic rings. The van der Waals surface area contributed by atoms with Crippen LogP contribution in [0, 0.1) is 39.3 Å². The summed E-state index contributed by atoms with van der Waals surface area (Å²) in [5, 5.41) is 27.9. The minimum absolute atomic E-state index is 0.0404. The highest BCUT2D eigenvalue weighted by Crippen LogP contribution is 2.78. The molecule has 2 spiro atoms. The lowest BCUT2D eigenvalue weighted by Crippen LogP contribution is -2.67. The third-order valence-corrected chi connectivity index (χ3v) is 18.6. The minimum atomic E-state index is -3.89. The summed E-state index contributed by atoms with van der Waals surface area (Å²) in [6.45, 7) is 4.63. The maximum Gasteiger partial charge on any atom is 0.252 e. The second-order valence-corrected chi connectivity index (χ2v) is 20.8.